The number of Topliss-reactive ketones (excluding diaryl/α,β-unsaturated/α-hetero) is 2. The lowest BCUT2D eigenvalue weighted by atomic mass is 9.89. The highest BCUT2D eigenvalue weighted by Gasteiger charge is 2.42. The smallest absolute Gasteiger partial charge is 0.337 e. The second-order valence-electron chi connectivity index (χ2n) is 7.52. The Morgan fingerprint density at radius 2 is 1.55 bits per heavy atom. The molecule has 0 amide bonds. The van der Waals surface area contributed by atoms with E-state index in [1.165, 1.54) is 7.11 Å². The van der Waals surface area contributed by atoms with Crippen molar-refractivity contribution in [2.75, 3.05) is 12.0 Å². The van der Waals surface area contributed by atoms with Crippen LogP contribution in [0.1, 0.15) is 36.6 Å². The van der Waals surface area contributed by atoms with E-state index in [0.29, 0.717) is 22.6 Å². The lowest BCUT2D eigenvalue weighted by molar-refractivity contribution is 0.0600. The third-order valence-corrected chi connectivity index (χ3v) is 5.63. The van der Waals surface area contributed by atoms with Gasteiger partial charge in [-0.1, -0.05) is 18.2 Å². The molecule has 33 heavy (non-hydrogen) atoms. The summed E-state index contributed by atoms with van der Waals surface area (Å²) in [5, 5.41) is 20.7. The molecule has 0 radical (unpaired) electrons. The first-order valence-electron chi connectivity index (χ1n) is 10.0. The topological polar surface area (TPSA) is 113 Å². The molecule has 2 aliphatic rings. The quantitative estimate of drug-likeness (QED) is 0.457. The number of phenolic OH excluding ortho intramolecular Hbond substituents is 2. The Morgan fingerprint density at radius 3 is 2.21 bits per heavy atom. The number of esters is 1. The van der Waals surface area contributed by atoms with Crippen LogP contribution in [0.2, 0.25) is 0 Å². The van der Waals surface area contributed by atoms with E-state index in [2.05, 4.69) is 0 Å². The molecule has 3 aromatic carbocycles. The lowest BCUT2D eigenvalue weighted by Crippen LogP contribution is -2.34. The molecule has 8 heteroatoms. The molecule has 2 N–H and O–H groups in total. The number of allylic oxidation sites excluding steroid dienone is 2. The fourth-order valence-electron chi connectivity index (χ4n) is 4.03. The van der Waals surface area contributed by atoms with Gasteiger partial charge in [-0.3, -0.25) is 9.59 Å². The van der Waals surface area contributed by atoms with Crippen LogP contribution in [0.5, 0.6) is 17.2 Å². The lowest BCUT2D eigenvalue weighted by Gasteiger charge is -2.29. The van der Waals surface area contributed by atoms with Gasteiger partial charge in [0.05, 0.1) is 30.3 Å². The second kappa shape index (κ2) is 7.52. The van der Waals surface area contributed by atoms with Crippen LogP contribution >= 0.6 is 0 Å². The maximum absolute atomic E-state index is 13.6. The SMILES string of the molecule is COC(=O)c1ccc(N2Cc3ccccc3OC3=C2C(=O)c2c(O)ccc(O)c2C3=O)cc1. The maximum Gasteiger partial charge on any atom is 0.337 e. The fraction of sp³-hybridized carbons (Fsp3) is 0.0800. The van der Waals surface area contributed by atoms with Crippen LogP contribution < -0.4 is 9.64 Å². The van der Waals surface area contributed by atoms with Gasteiger partial charge in [0.25, 0.3) is 0 Å². The first-order chi connectivity index (χ1) is 15.9. The minimum absolute atomic E-state index is 0.0737. The molecule has 1 heterocycles. The number of benzene rings is 3. The number of carbonyl (C=O) groups is 3. The Labute approximate surface area is 187 Å². The predicted molar refractivity (Wildman–Crippen MR) is 116 cm³/mol. The number of phenols is 2. The summed E-state index contributed by atoms with van der Waals surface area (Å²) >= 11 is 0. The number of anilines is 1. The molecule has 164 valence electrons. The van der Waals surface area contributed by atoms with Crippen molar-refractivity contribution < 1.29 is 34.1 Å². The number of aromatic hydroxyl groups is 2. The van der Waals surface area contributed by atoms with Crippen molar-refractivity contribution >= 4 is 23.2 Å². The summed E-state index contributed by atoms with van der Waals surface area (Å²) in [6, 6.07) is 15.7. The minimum atomic E-state index is -0.721. The van der Waals surface area contributed by atoms with Crippen molar-refractivity contribution in [3.05, 3.63) is 94.4 Å². The predicted octanol–water partition coefficient (Wildman–Crippen LogP) is 3.57. The number of hydrogen-bond acceptors (Lipinski definition) is 8. The largest absolute Gasteiger partial charge is 0.507 e. The van der Waals surface area contributed by atoms with Gasteiger partial charge in [0.1, 0.15) is 22.9 Å². The highest BCUT2D eigenvalue weighted by molar-refractivity contribution is 6.29. The number of methoxy groups -OCH3 is 1. The zero-order valence-electron chi connectivity index (χ0n) is 17.4. The molecule has 0 bridgehead atoms. The third kappa shape index (κ3) is 3.11. The summed E-state index contributed by atoms with van der Waals surface area (Å²) in [6.07, 6.45) is 0. The Kier molecular flexibility index (Phi) is 4.63. The van der Waals surface area contributed by atoms with Gasteiger partial charge >= 0.3 is 5.97 Å². The van der Waals surface area contributed by atoms with Gasteiger partial charge in [-0.25, -0.2) is 4.79 Å². The van der Waals surface area contributed by atoms with Gasteiger partial charge in [-0.2, -0.15) is 0 Å². The van der Waals surface area contributed by atoms with Gasteiger partial charge in [0, 0.05) is 11.3 Å². The summed E-state index contributed by atoms with van der Waals surface area (Å²) in [6.45, 7) is 0.181. The van der Waals surface area contributed by atoms with Crippen LogP contribution in [0, 0.1) is 0 Å². The second-order valence-corrected chi connectivity index (χ2v) is 7.52. The van der Waals surface area contributed by atoms with Crippen molar-refractivity contribution in [3.63, 3.8) is 0 Å². The van der Waals surface area contributed by atoms with E-state index in [-0.39, 0.29) is 29.1 Å². The highest BCUT2D eigenvalue weighted by Crippen LogP contribution is 2.42. The number of ether oxygens (including phenoxy) is 2. The zero-order valence-corrected chi connectivity index (χ0v) is 17.4. The molecule has 0 saturated carbocycles. The van der Waals surface area contributed by atoms with Gasteiger partial charge in [-0.15, -0.1) is 0 Å². The average molecular weight is 443 g/mol. The standard InChI is InChI=1S/C25H17NO7/c1-32-25(31)13-6-8-15(9-7-13)26-12-14-4-2-3-5-18(14)33-24-21(26)22(29)19-16(27)10-11-17(28)20(19)23(24)30/h2-11,27-28H,12H2,1H3. The van der Waals surface area contributed by atoms with Crippen LogP contribution in [0.3, 0.4) is 0 Å². The Balaban J connectivity index is 1.72. The number of carbonyl (C=O) groups excluding carboxylic acids is 3. The van der Waals surface area contributed by atoms with Crippen molar-refractivity contribution in [1.29, 1.82) is 0 Å². The van der Waals surface area contributed by atoms with E-state index in [1.807, 2.05) is 0 Å². The molecule has 0 unspecified atom stereocenters. The number of fused-ring (bicyclic) bond motifs is 2. The maximum atomic E-state index is 13.6. The van der Waals surface area contributed by atoms with Gasteiger partial charge in [0.15, 0.2) is 0 Å². The number of nitrogens with zero attached hydrogens (tertiary/aromatic N) is 1. The van der Waals surface area contributed by atoms with E-state index < -0.39 is 29.0 Å². The van der Waals surface area contributed by atoms with Crippen molar-refractivity contribution in [2.45, 2.75) is 6.54 Å². The molecular formula is C25H17NO7. The summed E-state index contributed by atoms with van der Waals surface area (Å²) in [7, 11) is 1.28. The monoisotopic (exact) mass is 443 g/mol. The summed E-state index contributed by atoms with van der Waals surface area (Å²) < 4.78 is 10.7. The molecule has 0 fully saturated rings. The molecule has 0 atom stereocenters. The van der Waals surface area contributed by atoms with Crippen molar-refractivity contribution in [1.82, 2.24) is 0 Å². The van der Waals surface area contributed by atoms with Crippen LogP contribution in [0.4, 0.5) is 5.69 Å². The Bertz CT molecular complexity index is 1370. The number of hydrogen-bond donors (Lipinski definition) is 2. The summed E-state index contributed by atoms with van der Waals surface area (Å²) in [5.74, 6) is -2.61. The summed E-state index contributed by atoms with van der Waals surface area (Å²) in [4.78, 5) is 40.4. The molecule has 8 nitrogen and oxygen atoms in total. The van der Waals surface area contributed by atoms with Crippen molar-refractivity contribution in [3.8, 4) is 17.2 Å². The molecule has 3 aromatic rings. The van der Waals surface area contributed by atoms with E-state index in [0.717, 1.165) is 12.1 Å². The van der Waals surface area contributed by atoms with E-state index in [1.54, 1.807) is 53.4 Å². The van der Waals surface area contributed by atoms with Gasteiger partial charge in [0.2, 0.25) is 17.3 Å². The molecule has 1 aliphatic carbocycles. The van der Waals surface area contributed by atoms with E-state index in [9.17, 15) is 24.6 Å². The van der Waals surface area contributed by atoms with Crippen LogP contribution in [-0.4, -0.2) is 34.9 Å². The van der Waals surface area contributed by atoms with Gasteiger partial charge in [-0.05, 0) is 42.5 Å². The zero-order chi connectivity index (χ0) is 23.3. The number of rotatable bonds is 2. The normalized spacial score (nSPS) is 14.6. The highest BCUT2D eigenvalue weighted by atomic mass is 16.5. The Morgan fingerprint density at radius 1 is 0.909 bits per heavy atom. The summed E-state index contributed by atoms with van der Waals surface area (Å²) in [5.41, 5.74) is 0.877. The minimum Gasteiger partial charge on any atom is -0.507 e. The van der Waals surface area contributed by atoms with Crippen LogP contribution in [0.15, 0.2) is 72.1 Å². The van der Waals surface area contributed by atoms with Crippen molar-refractivity contribution in [2.24, 2.45) is 0 Å². The van der Waals surface area contributed by atoms with Crippen LogP contribution in [-0.2, 0) is 11.3 Å². The average Bonchev–Trinajstić information content (AvgIpc) is 3.01. The van der Waals surface area contributed by atoms with Crippen LogP contribution in [0.25, 0.3) is 0 Å². The number of para-hydroxylation sites is 1. The van der Waals surface area contributed by atoms with E-state index in [4.69, 9.17) is 9.47 Å². The molecule has 1 aliphatic heterocycles. The molecule has 0 aromatic heterocycles. The molecule has 0 spiro atoms. The van der Waals surface area contributed by atoms with Gasteiger partial charge < -0.3 is 24.6 Å². The Hall–Kier alpha value is -4.59. The molecule has 0 saturated heterocycles. The third-order valence-electron chi connectivity index (χ3n) is 5.63. The fourth-order valence-corrected chi connectivity index (χ4v) is 4.03. The first-order valence-corrected chi connectivity index (χ1v) is 10.0. The molecule has 5 rings (SSSR count). The van der Waals surface area contributed by atoms with E-state index >= 15 is 0 Å². The number of ketones is 2. The molecular weight excluding hydrogens is 426 g/mol. The first kappa shape index (κ1) is 20.3.